The Bertz CT molecular complexity index is 3530. The average Bonchev–Trinajstić information content (AvgIpc) is 3.96. The third kappa shape index (κ3) is 4.87. The van der Waals surface area contributed by atoms with E-state index in [0.717, 1.165) is 99.2 Å². The molecule has 8 aromatic carbocycles. The number of benzene rings is 8. The molecule has 0 unspecified atom stereocenters. The normalized spacial score (nSPS) is 11.9. The van der Waals surface area contributed by atoms with E-state index in [1.54, 1.807) is 0 Å². The molecule has 0 amide bonds. The maximum atomic E-state index is 7.03. The monoisotopic (exact) mass is 730 g/mol. The van der Waals surface area contributed by atoms with Gasteiger partial charge in [0.2, 0.25) is 0 Å². The van der Waals surface area contributed by atoms with E-state index >= 15 is 0 Å². The van der Waals surface area contributed by atoms with Gasteiger partial charge in [-0.1, -0.05) is 140 Å². The van der Waals surface area contributed by atoms with Crippen LogP contribution in [-0.2, 0) is 0 Å². The van der Waals surface area contributed by atoms with Crippen molar-refractivity contribution < 1.29 is 8.83 Å². The molecule has 0 saturated heterocycles. The second-order valence-corrected chi connectivity index (χ2v) is 14.3. The zero-order valence-corrected chi connectivity index (χ0v) is 30.4. The number of hydrogen-bond acceptors (Lipinski definition) is 5. The lowest BCUT2D eigenvalue weighted by molar-refractivity contribution is 0.669. The Morgan fingerprint density at radius 3 is 1.81 bits per heavy atom. The van der Waals surface area contributed by atoms with Gasteiger partial charge in [-0.15, -0.1) is 0 Å². The number of nitrogens with zero attached hydrogens (tertiary/aromatic N) is 4. The Morgan fingerprint density at radius 2 is 0.947 bits per heavy atom. The second kappa shape index (κ2) is 12.3. The van der Waals surface area contributed by atoms with Gasteiger partial charge in [-0.3, -0.25) is 0 Å². The highest BCUT2D eigenvalue weighted by Crippen LogP contribution is 2.44. The van der Waals surface area contributed by atoms with Crippen LogP contribution in [0.4, 0.5) is 0 Å². The summed E-state index contributed by atoms with van der Waals surface area (Å²) in [6.07, 6.45) is 0. The number of rotatable bonds is 5. The van der Waals surface area contributed by atoms with E-state index in [-0.39, 0.29) is 0 Å². The van der Waals surface area contributed by atoms with Gasteiger partial charge in [0, 0.05) is 54.6 Å². The molecule has 0 aliphatic rings. The maximum Gasteiger partial charge on any atom is 0.166 e. The van der Waals surface area contributed by atoms with Crippen molar-refractivity contribution in [1.82, 2.24) is 19.5 Å². The molecule has 0 saturated carbocycles. The molecule has 266 valence electrons. The van der Waals surface area contributed by atoms with E-state index in [2.05, 4.69) is 120 Å². The van der Waals surface area contributed by atoms with Crippen molar-refractivity contribution >= 4 is 65.7 Å². The van der Waals surface area contributed by atoms with Crippen molar-refractivity contribution in [3.8, 4) is 51.0 Å². The number of para-hydroxylation sites is 4. The minimum absolute atomic E-state index is 0.561. The van der Waals surface area contributed by atoms with E-state index in [1.165, 1.54) is 0 Å². The fourth-order valence-corrected chi connectivity index (χ4v) is 8.46. The summed E-state index contributed by atoms with van der Waals surface area (Å²) in [7, 11) is 0. The first kappa shape index (κ1) is 31.5. The molecule has 0 N–H and O–H groups in total. The van der Waals surface area contributed by atoms with Gasteiger partial charge in [0.15, 0.2) is 23.1 Å². The van der Waals surface area contributed by atoms with Crippen molar-refractivity contribution in [1.29, 1.82) is 0 Å². The molecule has 6 nitrogen and oxygen atoms in total. The zero-order valence-electron chi connectivity index (χ0n) is 30.4. The molecule has 4 aromatic heterocycles. The van der Waals surface area contributed by atoms with Gasteiger partial charge in [0.25, 0.3) is 0 Å². The Morgan fingerprint density at radius 1 is 0.351 bits per heavy atom. The Hall–Kier alpha value is -7.83. The van der Waals surface area contributed by atoms with Crippen LogP contribution >= 0.6 is 0 Å². The van der Waals surface area contributed by atoms with Gasteiger partial charge in [-0.25, -0.2) is 15.0 Å². The first-order chi connectivity index (χ1) is 28.3. The largest absolute Gasteiger partial charge is 0.456 e. The molecule has 0 bridgehead atoms. The van der Waals surface area contributed by atoms with E-state index in [0.29, 0.717) is 17.5 Å². The minimum Gasteiger partial charge on any atom is -0.456 e. The van der Waals surface area contributed by atoms with E-state index in [9.17, 15) is 0 Å². The smallest absolute Gasteiger partial charge is 0.166 e. The Labute approximate surface area is 325 Å². The highest BCUT2D eigenvalue weighted by molar-refractivity contribution is 6.22. The molecule has 0 atom stereocenters. The third-order valence-electron chi connectivity index (χ3n) is 11.1. The predicted molar refractivity (Wildman–Crippen MR) is 230 cm³/mol. The van der Waals surface area contributed by atoms with Gasteiger partial charge >= 0.3 is 0 Å². The zero-order chi connectivity index (χ0) is 37.5. The van der Waals surface area contributed by atoms with Crippen molar-refractivity contribution in [2.45, 2.75) is 0 Å². The van der Waals surface area contributed by atoms with Crippen LogP contribution in [0.3, 0.4) is 0 Å². The van der Waals surface area contributed by atoms with Gasteiger partial charge in [0.05, 0.1) is 16.7 Å². The lowest BCUT2D eigenvalue weighted by Crippen LogP contribution is -2.03. The summed E-state index contributed by atoms with van der Waals surface area (Å²) < 4.78 is 15.6. The second-order valence-electron chi connectivity index (χ2n) is 14.3. The van der Waals surface area contributed by atoms with Crippen LogP contribution in [0.25, 0.3) is 117 Å². The quantitative estimate of drug-likeness (QED) is 0.176. The Balaban J connectivity index is 1.12. The van der Waals surface area contributed by atoms with Crippen LogP contribution in [-0.4, -0.2) is 19.5 Å². The fourth-order valence-electron chi connectivity index (χ4n) is 8.46. The van der Waals surface area contributed by atoms with E-state index < -0.39 is 0 Å². The molecule has 0 aliphatic heterocycles. The molecule has 0 radical (unpaired) electrons. The fraction of sp³-hybridized carbons (Fsp3) is 0. The first-order valence-corrected chi connectivity index (χ1v) is 19.0. The maximum absolute atomic E-state index is 7.03. The molecular formula is C51H30N4O2. The highest BCUT2D eigenvalue weighted by atomic mass is 16.3. The van der Waals surface area contributed by atoms with E-state index in [1.807, 2.05) is 66.7 Å². The SMILES string of the molecule is c1ccc(-c2nc(-c3ccc4c(c3)oc3ccccc34)nc(-c3ccccc3-n3c4ccccc4c4ccc5c6cccc(-c7ccccc7)c6oc5c43)n2)cc1. The number of aromatic nitrogens is 4. The molecule has 57 heavy (non-hydrogen) atoms. The Kier molecular flexibility index (Phi) is 6.83. The van der Waals surface area contributed by atoms with Crippen LogP contribution in [0, 0.1) is 0 Å². The number of furan rings is 2. The molecular weight excluding hydrogens is 701 g/mol. The molecule has 6 heteroatoms. The molecule has 4 heterocycles. The lowest BCUT2D eigenvalue weighted by Gasteiger charge is -2.14. The number of hydrogen-bond donors (Lipinski definition) is 0. The van der Waals surface area contributed by atoms with Crippen LogP contribution in [0.5, 0.6) is 0 Å². The molecule has 12 rings (SSSR count). The summed E-state index contributed by atoms with van der Waals surface area (Å²) in [5.74, 6) is 1.71. The van der Waals surface area contributed by atoms with Crippen molar-refractivity contribution in [2.75, 3.05) is 0 Å². The summed E-state index contributed by atoms with van der Waals surface area (Å²) in [5.41, 5.74) is 11.1. The summed E-state index contributed by atoms with van der Waals surface area (Å²) in [5, 5.41) is 6.51. The highest BCUT2D eigenvalue weighted by Gasteiger charge is 2.23. The molecule has 0 fully saturated rings. The van der Waals surface area contributed by atoms with Gasteiger partial charge in [-0.05, 0) is 48.0 Å². The minimum atomic E-state index is 0.561. The average molecular weight is 731 g/mol. The van der Waals surface area contributed by atoms with Crippen LogP contribution < -0.4 is 0 Å². The summed E-state index contributed by atoms with van der Waals surface area (Å²) >= 11 is 0. The summed E-state index contributed by atoms with van der Waals surface area (Å²) in [6, 6.07) is 62.5. The van der Waals surface area contributed by atoms with Crippen LogP contribution in [0.2, 0.25) is 0 Å². The van der Waals surface area contributed by atoms with E-state index in [4.69, 9.17) is 23.8 Å². The van der Waals surface area contributed by atoms with Crippen molar-refractivity contribution in [3.05, 3.63) is 182 Å². The third-order valence-corrected chi connectivity index (χ3v) is 11.1. The standard InChI is InChI=1S/C51H30N4O2/c1-3-14-31(15-4-1)34-21-13-22-39-40-29-28-38-35-18-7-10-23-42(35)55(46(38)48(40)57-47(34)39)43-24-11-8-20-41(43)51-53-49(32-16-5-2-6-17-32)52-50(54-51)33-26-27-37-36-19-9-12-25-44(36)56-45(37)30-33/h1-30H. The van der Waals surface area contributed by atoms with Gasteiger partial charge in [-0.2, -0.15) is 0 Å². The molecule has 0 aliphatic carbocycles. The van der Waals surface area contributed by atoms with Crippen LogP contribution in [0.15, 0.2) is 191 Å². The predicted octanol–water partition coefficient (Wildman–Crippen LogP) is 13.4. The summed E-state index contributed by atoms with van der Waals surface area (Å²) in [4.78, 5) is 15.5. The summed E-state index contributed by atoms with van der Waals surface area (Å²) in [6.45, 7) is 0. The topological polar surface area (TPSA) is 69.9 Å². The van der Waals surface area contributed by atoms with Gasteiger partial charge in [0.1, 0.15) is 16.7 Å². The molecule has 0 spiro atoms. The van der Waals surface area contributed by atoms with Crippen molar-refractivity contribution in [2.24, 2.45) is 0 Å². The van der Waals surface area contributed by atoms with Crippen molar-refractivity contribution in [3.63, 3.8) is 0 Å². The van der Waals surface area contributed by atoms with Crippen LogP contribution in [0.1, 0.15) is 0 Å². The lowest BCUT2D eigenvalue weighted by atomic mass is 10.0. The first-order valence-electron chi connectivity index (χ1n) is 19.0. The number of fused-ring (bicyclic) bond motifs is 10. The molecule has 12 aromatic rings. The van der Waals surface area contributed by atoms with Gasteiger partial charge < -0.3 is 13.4 Å².